The van der Waals surface area contributed by atoms with Crippen molar-refractivity contribution in [3.63, 3.8) is 0 Å². The number of nitrogens with one attached hydrogen (secondary N) is 1. The van der Waals surface area contributed by atoms with Crippen LogP contribution in [0, 0.1) is 5.92 Å². The Morgan fingerprint density at radius 1 is 1.33 bits per heavy atom. The molecular weight excluding hydrogens is 404 g/mol. The summed E-state index contributed by atoms with van der Waals surface area (Å²) in [5.41, 5.74) is 1.15. The third kappa shape index (κ3) is 4.87. The number of carbonyl (C=O) groups is 3. The van der Waals surface area contributed by atoms with Crippen LogP contribution in [0.15, 0.2) is 40.9 Å². The largest absolute Gasteiger partial charge is 0.456 e. The molecule has 3 atom stereocenters. The van der Waals surface area contributed by atoms with Gasteiger partial charge in [0, 0.05) is 30.0 Å². The van der Waals surface area contributed by atoms with E-state index in [1.54, 1.807) is 6.92 Å². The number of rotatable bonds is 10. The number of benzene rings is 1. The third-order valence-corrected chi connectivity index (χ3v) is 6.39. The fourth-order valence-corrected chi connectivity index (χ4v) is 4.88. The Balaban J connectivity index is 1.66. The number of nitrogens with zero attached hydrogens (tertiary/aromatic N) is 1. The Morgan fingerprint density at radius 3 is 2.73 bits per heavy atom. The number of esters is 1. The molecule has 2 heterocycles. The van der Waals surface area contributed by atoms with Gasteiger partial charge in [-0.25, -0.2) is 4.79 Å². The molecule has 7 nitrogen and oxygen atoms in total. The van der Waals surface area contributed by atoms with E-state index >= 15 is 0 Å². The van der Waals surface area contributed by atoms with Crippen molar-refractivity contribution in [2.75, 3.05) is 12.3 Å². The number of carbonyl (C=O) groups excluding carboxylic acids is 3. The molecule has 1 aromatic rings. The van der Waals surface area contributed by atoms with Crippen LogP contribution in [-0.2, 0) is 25.7 Å². The van der Waals surface area contributed by atoms with Crippen molar-refractivity contribution >= 4 is 29.5 Å². The average molecular weight is 433 g/mol. The van der Waals surface area contributed by atoms with E-state index in [2.05, 4.69) is 5.32 Å². The summed E-state index contributed by atoms with van der Waals surface area (Å²) >= 11 is 1.45. The number of aliphatic hydroxyl groups is 1. The summed E-state index contributed by atoms with van der Waals surface area (Å²) in [6.07, 6.45) is 1.04. The zero-order valence-corrected chi connectivity index (χ0v) is 18.1. The van der Waals surface area contributed by atoms with Crippen molar-refractivity contribution in [3.8, 4) is 0 Å². The Morgan fingerprint density at radius 2 is 2.07 bits per heavy atom. The van der Waals surface area contributed by atoms with Gasteiger partial charge >= 0.3 is 5.97 Å². The Bertz CT molecular complexity index is 824. The first-order chi connectivity index (χ1) is 14.4. The zero-order valence-electron chi connectivity index (χ0n) is 17.3. The number of fused-ring (bicyclic) bond motifs is 1. The van der Waals surface area contributed by atoms with E-state index in [0.29, 0.717) is 25.1 Å². The van der Waals surface area contributed by atoms with Crippen molar-refractivity contribution in [2.45, 2.75) is 51.9 Å². The van der Waals surface area contributed by atoms with Gasteiger partial charge in [-0.1, -0.05) is 37.3 Å². The van der Waals surface area contributed by atoms with Crippen molar-refractivity contribution in [2.24, 2.45) is 5.92 Å². The molecule has 0 radical (unpaired) electrons. The summed E-state index contributed by atoms with van der Waals surface area (Å²) in [6.45, 7) is 4.16. The van der Waals surface area contributed by atoms with Crippen LogP contribution in [0.2, 0.25) is 0 Å². The van der Waals surface area contributed by atoms with Gasteiger partial charge in [-0.2, -0.15) is 0 Å². The van der Waals surface area contributed by atoms with E-state index in [0.717, 1.165) is 16.9 Å². The molecule has 30 heavy (non-hydrogen) atoms. The van der Waals surface area contributed by atoms with Gasteiger partial charge in [-0.3, -0.25) is 9.59 Å². The van der Waals surface area contributed by atoms with E-state index in [1.165, 1.54) is 16.7 Å². The molecule has 8 heteroatoms. The van der Waals surface area contributed by atoms with E-state index in [-0.39, 0.29) is 30.2 Å². The average Bonchev–Trinajstić information content (AvgIpc) is 3.04. The van der Waals surface area contributed by atoms with E-state index < -0.39 is 18.0 Å². The molecule has 2 N–H and O–H groups in total. The number of aliphatic hydroxyl groups excluding tert-OH is 1. The summed E-state index contributed by atoms with van der Waals surface area (Å²) in [6, 6.07) is 9.15. The van der Waals surface area contributed by atoms with Crippen molar-refractivity contribution in [1.29, 1.82) is 0 Å². The Labute approximate surface area is 180 Å². The van der Waals surface area contributed by atoms with Crippen LogP contribution >= 0.6 is 11.8 Å². The number of ether oxygens (including phenoxy) is 1. The molecule has 0 unspecified atom stereocenters. The lowest BCUT2D eigenvalue weighted by Gasteiger charge is -2.44. The standard InChI is InChI=1S/C22H28N2O5S/c1-3-7-18(26)23-10-11-30-17-12-16-19(14(2)25)21(27)24(16)20(17)22(28)29-13-15-8-5-4-6-9-15/h4-6,8-9,14,16,19,25H,3,7,10-13H2,1-2H3,(H,23,26)/t14-,16-,19-/m1/s1. The first-order valence-electron chi connectivity index (χ1n) is 10.3. The second-order valence-electron chi connectivity index (χ2n) is 7.53. The van der Waals surface area contributed by atoms with Gasteiger partial charge in [0.15, 0.2) is 0 Å². The van der Waals surface area contributed by atoms with E-state index in [9.17, 15) is 19.5 Å². The van der Waals surface area contributed by atoms with Gasteiger partial charge in [0.25, 0.3) is 0 Å². The molecule has 1 saturated heterocycles. The molecule has 0 saturated carbocycles. The lowest BCUT2D eigenvalue weighted by Crippen LogP contribution is -2.61. The fourth-order valence-electron chi connectivity index (χ4n) is 3.82. The highest BCUT2D eigenvalue weighted by atomic mass is 32.2. The van der Waals surface area contributed by atoms with Crippen LogP contribution < -0.4 is 5.32 Å². The maximum absolute atomic E-state index is 12.8. The van der Waals surface area contributed by atoms with E-state index in [1.807, 2.05) is 37.3 Å². The molecule has 1 fully saturated rings. The summed E-state index contributed by atoms with van der Waals surface area (Å²) in [5, 5.41) is 12.8. The number of thioether (sulfide) groups is 1. The lowest BCUT2D eigenvalue weighted by atomic mass is 9.83. The highest BCUT2D eigenvalue weighted by molar-refractivity contribution is 8.03. The van der Waals surface area contributed by atoms with E-state index in [4.69, 9.17) is 4.74 Å². The van der Waals surface area contributed by atoms with Gasteiger partial charge in [-0.15, -0.1) is 11.8 Å². The van der Waals surface area contributed by atoms with Crippen LogP contribution in [-0.4, -0.2) is 52.2 Å². The van der Waals surface area contributed by atoms with Crippen LogP contribution in [0.25, 0.3) is 0 Å². The van der Waals surface area contributed by atoms with Crippen molar-refractivity contribution in [3.05, 3.63) is 46.5 Å². The highest BCUT2D eigenvalue weighted by Crippen LogP contribution is 2.47. The number of β-lactam (4-membered cyclic amide) rings is 1. The molecule has 162 valence electrons. The van der Waals surface area contributed by atoms with Crippen LogP contribution in [0.4, 0.5) is 0 Å². The summed E-state index contributed by atoms with van der Waals surface area (Å²) in [4.78, 5) is 39.3. The normalized spacial score (nSPS) is 21.2. The molecule has 0 bridgehead atoms. The van der Waals surface area contributed by atoms with Crippen molar-refractivity contribution in [1.82, 2.24) is 10.2 Å². The summed E-state index contributed by atoms with van der Waals surface area (Å²) in [7, 11) is 0. The molecule has 0 aromatic heterocycles. The lowest BCUT2D eigenvalue weighted by molar-refractivity contribution is -0.162. The van der Waals surface area contributed by atoms with Gasteiger partial charge in [-0.05, 0) is 18.9 Å². The minimum atomic E-state index is -0.766. The number of hydrogen-bond acceptors (Lipinski definition) is 6. The first-order valence-corrected chi connectivity index (χ1v) is 11.3. The molecule has 2 aliphatic rings. The maximum atomic E-state index is 12.8. The molecular formula is C22H28N2O5S. The van der Waals surface area contributed by atoms with Crippen LogP contribution in [0.1, 0.15) is 38.7 Å². The van der Waals surface area contributed by atoms with Crippen LogP contribution in [0.5, 0.6) is 0 Å². The topological polar surface area (TPSA) is 95.9 Å². The van der Waals surface area contributed by atoms with Gasteiger partial charge < -0.3 is 20.1 Å². The SMILES string of the molecule is CCCC(=O)NCCSC1=C(C(=O)OCc2ccccc2)N2C(=O)[C@H]([C@@H](C)O)[C@H]2C1. The second-order valence-corrected chi connectivity index (χ2v) is 8.72. The monoisotopic (exact) mass is 432 g/mol. The summed E-state index contributed by atoms with van der Waals surface area (Å²) in [5.74, 6) is -0.669. The molecule has 0 spiro atoms. The smallest absolute Gasteiger partial charge is 0.356 e. The maximum Gasteiger partial charge on any atom is 0.356 e. The third-order valence-electron chi connectivity index (χ3n) is 5.27. The molecule has 3 rings (SSSR count). The van der Waals surface area contributed by atoms with Gasteiger partial charge in [0.2, 0.25) is 11.8 Å². The molecule has 2 aliphatic heterocycles. The fraction of sp³-hybridized carbons (Fsp3) is 0.500. The predicted octanol–water partition coefficient (Wildman–Crippen LogP) is 2.20. The molecule has 2 amide bonds. The Kier molecular flexibility index (Phi) is 7.55. The predicted molar refractivity (Wildman–Crippen MR) is 114 cm³/mol. The minimum absolute atomic E-state index is 0.00848. The molecule has 1 aromatic carbocycles. The van der Waals surface area contributed by atoms with Gasteiger partial charge in [0.05, 0.1) is 18.1 Å². The quantitative estimate of drug-likeness (QED) is 0.334. The second kappa shape index (κ2) is 10.1. The minimum Gasteiger partial charge on any atom is -0.456 e. The number of hydrogen-bond donors (Lipinski definition) is 2. The van der Waals surface area contributed by atoms with Crippen LogP contribution in [0.3, 0.4) is 0 Å². The summed E-state index contributed by atoms with van der Waals surface area (Å²) < 4.78 is 5.48. The number of amides is 2. The Hall–Kier alpha value is -2.32. The highest BCUT2D eigenvalue weighted by Gasteiger charge is 2.56. The zero-order chi connectivity index (χ0) is 21.7. The van der Waals surface area contributed by atoms with Gasteiger partial charge in [0.1, 0.15) is 12.3 Å². The van der Waals surface area contributed by atoms with Crippen molar-refractivity contribution < 1.29 is 24.2 Å². The molecule has 0 aliphatic carbocycles. The first kappa shape index (κ1) is 22.4.